The van der Waals surface area contributed by atoms with Gasteiger partial charge in [-0.15, -0.1) is 0 Å². The van der Waals surface area contributed by atoms with E-state index in [4.69, 9.17) is 21.4 Å². The molecule has 1 rings (SSSR count). The molecule has 0 fully saturated rings. The summed E-state index contributed by atoms with van der Waals surface area (Å²) in [5.41, 5.74) is 0.959. The lowest BCUT2D eigenvalue weighted by Crippen LogP contribution is -2.32. The number of unbranched alkanes of at least 4 members (excludes halogenated alkanes) is 2. The van der Waals surface area contributed by atoms with Crippen molar-refractivity contribution in [2.24, 2.45) is 0 Å². The molecule has 3 N–H and O–H groups in total. The number of hydrogen-bond donors (Lipinski definition) is 3. The van der Waals surface area contributed by atoms with E-state index in [2.05, 4.69) is 5.32 Å². The van der Waals surface area contributed by atoms with Crippen LogP contribution in [-0.2, 0) is 0 Å². The number of aryl methyl sites for hydroxylation is 1. The first kappa shape index (κ1) is 17.2. The molecule has 0 spiro atoms. The molecule has 0 saturated carbocycles. The highest BCUT2D eigenvalue weighted by atomic mass is 35.5. The van der Waals surface area contributed by atoms with Gasteiger partial charge in [0.1, 0.15) is 18.5 Å². The average molecular weight is 302 g/mol. The lowest BCUT2D eigenvalue weighted by molar-refractivity contribution is 0.106. The van der Waals surface area contributed by atoms with Crippen molar-refractivity contribution in [3.8, 4) is 5.75 Å². The predicted octanol–water partition coefficient (Wildman–Crippen LogP) is 2.14. The summed E-state index contributed by atoms with van der Waals surface area (Å²) in [5.74, 6) is 0.717. The van der Waals surface area contributed by atoms with Crippen molar-refractivity contribution in [3.05, 3.63) is 28.8 Å². The summed E-state index contributed by atoms with van der Waals surface area (Å²) in [7, 11) is 0. The van der Waals surface area contributed by atoms with Crippen molar-refractivity contribution in [3.63, 3.8) is 0 Å². The smallest absolute Gasteiger partial charge is 0.119 e. The van der Waals surface area contributed by atoms with Gasteiger partial charge in [0.05, 0.1) is 0 Å². The van der Waals surface area contributed by atoms with E-state index in [-0.39, 0.29) is 13.2 Å². The molecule has 1 unspecified atom stereocenters. The highest BCUT2D eigenvalue weighted by Gasteiger charge is 2.05. The van der Waals surface area contributed by atoms with Crippen LogP contribution in [0.3, 0.4) is 0 Å². The number of halogens is 1. The minimum Gasteiger partial charge on any atom is -0.491 e. The molecule has 114 valence electrons. The van der Waals surface area contributed by atoms with Crippen LogP contribution in [0.1, 0.15) is 24.8 Å². The zero-order chi connectivity index (χ0) is 14.8. The van der Waals surface area contributed by atoms with Crippen molar-refractivity contribution in [2.45, 2.75) is 32.3 Å². The van der Waals surface area contributed by atoms with Gasteiger partial charge in [-0.2, -0.15) is 0 Å². The fourth-order valence-electron chi connectivity index (χ4n) is 1.77. The van der Waals surface area contributed by atoms with E-state index >= 15 is 0 Å². The minimum absolute atomic E-state index is 0.247. The third kappa shape index (κ3) is 7.10. The second kappa shape index (κ2) is 10.00. The van der Waals surface area contributed by atoms with E-state index in [0.29, 0.717) is 17.3 Å². The van der Waals surface area contributed by atoms with Gasteiger partial charge in [-0.3, -0.25) is 0 Å². The molecule has 1 aromatic carbocycles. The van der Waals surface area contributed by atoms with E-state index in [1.165, 1.54) is 0 Å². The minimum atomic E-state index is -0.538. The number of hydrogen-bond acceptors (Lipinski definition) is 4. The maximum Gasteiger partial charge on any atom is 0.119 e. The quantitative estimate of drug-likeness (QED) is 0.580. The Labute approximate surface area is 125 Å². The fourth-order valence-corrected chi connectivity index (χ4v) is 1.88. The van der Waals surface area contributed by atoms with Crippen LogP contribution in [0.15, 0.2) is 18.2 Å². The number of rotatable bonds is 10. The van der Waals surface area contributed by atoms with Gasteiger partial charge in [0.25, 0.3) is 0 Å². The number of aliphatic hydroxyl groups is 2. The first-order valence-corrected chi connectivity index (χ1v) is 7.40. The van der Waals surface area contributed by atoms with E-state index in [1.807, 2.05) is 13.0 Å². The normalized spacial score (nSPS) is 12.4. The van der Waals surface area contributed by atoms with Crippen LogP contribution in [0.4, 0.5) is 0 Å². The summed E-state index contributed by atoms with van der Waals surface area (Å²) in [6, 6.07) is 5.44. The molecule has 4 nitrogen and oxygen atoms in total. The van der Waals surface area contributed by atoms with Crippen LogP contribution in [0, 0.1) is 6.92 Å². The van der Waals surface area contributed by atoms with Crippen LogP contribution in [-0.4, -0.2) is 42.6 Å². The van der Waals surface area contributed by atoms with Gasteiger partial charge in [0.15, 0.2) is 0 Å². The number of ether oxygens (including phenoxy) is 1. The van der Waals surface area contributed by atoms with E-state index < -0.39 is 6.10 Å². The monoisotopic (exact) mass is 301 g/mol. The molecule has 0 aliphatic rings. The summed E-state index contributed by atoms with van der Waals surface area (Å²) in [6.45, 7) is 3.77. The van der Waals surface area contributed by atoms with Crippen LogP contribution >= 0.6 is 11.6 Å². The zero-order valence-corrected chi connectivity index (χ0v) is 12.7. The summed E-state index contributed by atoms with van der Waals surface area (Å²) in [4.78, 5) is 0. The molecule has 0 heterocycles. The number of benzene rings is 1. The van der Waals surface area contributed by atoms with Gasteiger partial charge in [0, 0.05) is 18.2 Å². The Morgan fingerprint density at radius 1 is 1.30 bits per heavy atom. The first-order valence-electron chi connectivity index (χ1n) is 7.02. The molecule has 0 radical (unpaired) electrons. The van der Waals surface area contributed by atoms with Gasteiger partial charge >= 0.3 is 0 Å². The molecule has 5 heteroatoms. The molecular formula is C15H24ClNO3. The van der Waals surface area contributed by atoms with Gasteiger partial charge in [-0.25, -0.2) is 0 Å². The van der Waals surface area contributed by atoms with Crippen LogP contribution in [0.25, 0.3) is 0 Å². The van der Waals surface area contributed by atoms with Crippen LogP contribution in [0.2, 0.25) is 5.02 Å². The first-order chi connectivity index (χ1) is 9.63. The molecule has 0 bridgehead atoms. The van der Waals surface area contributed by atoms with Crippen molar-refractivity contribution < 1.29 is 14.9 Å². The highest BCUT2D eigenvalue weighted by molar-refractivity contribution is 6.31. The molecule has 0 aliphatic carbocycles. The maximum absolute atomic E-state index is 9.78. The second-order valence-electron chi connectivity index (χ2n) is 4.86. The Morgan fingerprint density at radius 3 is 2.80 bits per heavy atom. The zero-order valence-electron chi connectivity index (χ0n) is 11.9. The fraction of sp³-hybridized carbons (Fsp3) is 0.600. The molecule has 1 atom stereocenters. The summed E-state index contributed by atoms with van der Waals surface area (Å²) in [6.07, 6.45) is 2.30. The Kier molecular flexibility index (Phi) is 8.62. The molecule has 0 aliphatic heterocycles. The molecule has 20 heavy (non-hydrogen) atoms. The van der Waals surface area contributed by atoms with E-state index in [9.17, 15) is 5.11 Å². The van der Waals surface area contributed by atoms with Gasteiger partial charge in [0.2, 0.25) is 0 Å². The second-order valence-corrected chi connectivity index (χ2v) is 5.27. The summed E-state index contributed by atoms with van der Waals surface area (Å²) >= 11 is 5.93. The van der Waals surface area contributed by atoms with Crippen LogP contribution in [0.5, 0.6) is 5.75 Å². The topological polar surface area (TPSA) is 61.7 Å². The Bertz CT molecular complexity index is 387. The molecule has 0 aromatic heterocycles. The third-order valence-corrected chi connectivity index (χ3v) is 3.39. The maximum atomic E-state index is 9.78. The van der Waals surface area contributed by atoms with Crippen molar-refractivity contribution >= 4 is 11.6 Å². The van der Waals surface area contributed by atoms with Crippen molar-refractivity contribution in [1.82, 2.24) is 5.32 Å². The number of nitrogens with one attached hydrogen (secondary N) is 1. The van der Waals surface area contributed by atoms with Gasteiger partial charge in [-0.05, 0) is 56.5 Å². The van der Waals surface area contributed by atoms with E-state index in [1.54, 1.807) is 12.1 Å². The SMILES string of the molecule is Cc1cc(OCC(O)CNCCCCCO)ccc1Cl. The standard InChI is InChI=1S/C15H24ClNO3/c1-12-9-14(5-6-15(12)16)20-11-13(19)10-17-7-3-2-4-8-18/h5-6,9,13,17-19H,2-4,7-8,10-11H2,1H3. The van der Waals surface area contributed by atoms with Crippen molar-refractivity contribution in [2.75, 3.05) is 26.3 Å². The average Bonchev–Trinajstić information content (AvgIpc) is 2.44. The summed E-state index contributed by atoms with van der Waals surface area (Å²) in [5, 5.41) is 22.3. The molecular weight excluding hydrogens is 278 g/mol. The lowest BCUT2D eigenvalue weighted by atomic mass is 10.2. The van der Waals surface area contributed by atoms with Crippen LogP contribution < -0.4 is 10.1 Å². The Balaban J connectivity index is 2.13. The van der Waals surface area contributed by atoms with Gasteiger partial charge in [-0.1, -0.05) is 11.6 Å². The number of aliphatic hydroxyl groups excluding tert-OH is 2. The summed E-state index contributed by atoms with van der Waals surface area (Å²) < 4.78 is 5.52. The third-order valence-electron chi connectivity index (χ3n) is 2.96. The van der Waals surface area contributed by atoms with Crippen molar-refractivity contribution in [1.29, 1.82) is 0 Å². The molecule has 0 amide bonds. The predicted molar refractivity (Wildman–Crippen MR) is 81.5 cm³/mol. The Morgan fingerprint density at radius 2 is 2.10 bits per heavy atom. The largest absolute Gasteiger partial charge is 0.491 e. The highest BCUT2D eigenvalue weighted by Crippen LogP contribution is 2.20. The van der Waals surface area contributed by atoms with E-state index in [0.717, 1.165) is 31.4 Å². The molecule has 1 aromatic rings. The lowest BCUT2D eigenvalue weighted by Gasteiger charge is -2.13. The molecule has 0 saturated heterocycles. The Hall–Kier alpha value is -0.810. The van der Waals surface area contributed by atoms with Gasteiger partial charge < -0.3 is 20.3 Å².